The first-order valence-corrected chi connectivity index (χ1v) is 6.98. The molecule has 1 aromatic rings. The molecular weight excluding hydrogens is 254 g/mol. The van der Waals surface area contributed by atoms with Crippen LogP contribution in [0.15, 0.2) is 30.3 Å². The van der Waals surface area contributed by atoms with Crippen LogP contribution in [-0.4, -0.2) is 41.9 Å². The minimum absolute atomic E-state index is 0.0212. The fourth-order valence-corrected chi connectivity index (χ4v) is 2.61. The van der Waals surface area contributed by atoms with Crippen LogP contribution in [0.1, 0.15) is 20.3 Å². The van der Waals surface area contributed by atoms with Crippen LogP contribution in [0.25, 0.3) is 0 Å². The summed E-state index contributed by atoms with van der Waals surface area (Å²) < 4.78 is 0. The van der Waals surface area contributed by atoms with Crippen LogP contribution in [0.4, 0.5) is 5.69 Å². The fourth-order valence-electron chi connectivity index (χ4n) is 2.61. The molecule has 0 spiro atoms. The molecule has 0 bridgehead atoms. The van der Waals surface area contributed by atoms with Crippen LogP contribution in [0.2, 0.25) is 0 Å². The van der Waals surface area contributed by atoms with E-state index in [-0.39, 0.29) is 11.8 Å². The van der Waals surface area contributed by atoms with Crippen molar-refractivity contribution in [1.29, 1.82) is 0 Å². The van der Waals surface area contributed by atoms with Crippen molar-refractivity contribution in [2.45, 2.75) is 32.4 Å². The Hall–Kier alpha value is -1.88. The van der Waals surface area contributed by atoms with Crippen LogP contribution in [0, 0.1) is 0 Å². The predicted octanol–water partition coefficient (Wildman–Crippen LogP) is 0.988. The molecule has 1 aliphatic rings. The van der Waals surface area contributed by atoms with E-state index in [9.17, 15) is 9.59 Å². The topological polar surface area (TPSA) is 66.6 Å². The lowest BCUT2D eigenvalue weighted by atomic mass is 10.2. The number of amides is 2. The number of benzene rings is 1. The van der Waals surface area contributed by atoms with Crippen molar-refractivity contribution >= 4 is 17.5 Å². The summed E-state index contributed by atoms with van der Waals surface area (Å²) in [6, 6.07) is 8.57. The summed E-state index contributed by atoms with van der Waals surface area (Å²) in [6.45, 7) is 4.66. The molecule has 2 rings (SSSR count). The van der Waals surface area contributed by atoms with E-state index >= 15 is 0 Å². The van der Waals surface area contributed by atoms with E-state index in [1.165, 1.54) is 0 Å². The highest BCUT2D eigenvalue weighted by Gasteiger charge is 2.38. The maximum absolute atomic E-state index is 12.5. The molecule has 1 saturated heterocycles. The number of hydrogen-bond acceptors (Lipinski definition) is 3. The molecule has 0 aromatic heterocycles. The molecule has 1 unspecified atom stereocenters. The van der Waals surface area contributed by atoms with E-state index < -0.39 is 12.1 Å². The van der Waals surface area contributed by atoms with Gasteiger partial charge in [0, 0.05) is 18.8 Å². The Balaban J connectivity index is 2.16. The Labute approximate surface area is 119 Å². The van der Waals surface area contributed by atoms with Gasteiger partial charge in [-0.3, -0.25) is 9.59 Å². The van der Waals surface area contributed by atoms with Crippen LogP contribution >= 0.6 is 0 Å². The fraction of sp³-hybridized carbons (Fsp3) is 0.467. The van der Waals surface area contributed by atoms with Crippen LogP contribution in [0.3, 0.4) is 0 Å². The van der Waals surface area contributed by atoms with Gasteiger partial charge in [-0.15, -0.1) is 0 Å². The van der Waals surface area contributed by atoms with Crippen molar-refractivity contribution in [1.82, 2.24) is 4.90 Å². The molecule has 2 amide bonds. The third-order valence-electron chi connectivity index (χ3n) is 3.63. The van der Waals surface area contributed by atoms with Gasteiger partial charge in [-0.2, -0.15) is 0 Å². The molecule has 1 heterocycles. The quantitative estimate of drug-likeness (QED) is 0.891. The minimum Gasteiger partial charge on any atom is -0.330 e. The van der Waals surface area contributed by atoms with Crippen molar-refractivity contribution in [2.24, 2.45) is 5.73 Å². The van der Waals surface area contributed by atoms with E-state index in [1.807, 2.05) is 37.3 Å². The maximum atomic E-state index is 12.5. The average Bonchev–Trinajstić information content (AvgIpc) is 2.82. The zero-order valence-electron chi connectivity index (χ0n) is 12.0. The maximum Gasteiger partial charge on any atom is 0.249 e. The van der Waals surface area contributed by atoms with Crippen LogP contribution in [0.5, 0.6) is 0 Å². The monoisotopic (exact) mass is 275 g/mol. The van der Waals surface area contributed by atoms with Crippen molar-refractivity contribution < 1.29 is 9.59 Å². The van der Waals surface area contributed by atoms with Crippen LogP contribution < -0.4 is 10.6 Å². The lowest BCUT2D eigenvalue weighted by Gasteiger charge is -2.28. The van der Waals surface area contributed by atoms with Gasteiger partial charge in [0.1, 0.15) is 6.04 Å². The standard InChI is InChI=1S/C15H21N3O2/c1-3-17(14(19)11(2)16)13-9-10-18(15(13)20)12-7-5-4-6-8-12/h4-8,11,13H,3,9-10,16H2,1-2H3/t11-,13?/m0/s1. The van der Waals surface area contributed by atoms with Gasteiger partial charge in [0.2, 0.25) is 11.8 Å². The molecule has 108 valence electrons. The van der Waals surface area contributed by atoms with Crippen molar-refractivity contribution in [3.8, 4) is 0 Å². The van der Waals surface area contributed by atoms with Gasteiger partial charge >= 0.3 is 0 Å². The first-order chi connectivity index (χ1) is 9.56. The normalized spacial score (nSPS) is 20.1. The Kier molecular flexibility index (Phi) is 4.39. The second-order valence-corrected chi connectivity index (χ2v) is 5.04. The Morgan fingerprint density at radius 3 is 2.65 bits per heavy atom. The summed E-state index contributed by atoms with van der Waals surface area (Å²) >= 11 is 0. The smallest absolute Gasteiger partial charge is 0.249 e. The summed E-state index contributed by atoms with van der Waals surface area (Å²) in [4.78, 5) is 27.9. The first-order valence-electron chi connectivity index (χ1n) is 6.98. The summed E-state index contributed by atoms with van der Waals surface area (Å²) in [6.07, 6.45) is 0.653. The van der Waals surface area contributed by atoms with Crippen molar-refractivity contribution in [2.75, 3.05) is 18.0 Å². The largest absolute Gasteiger partial charge is 0.330 e. The summed E-state index contributed by atoms with van der Waals surface area (Å²) in [5.74, 6) is -0.187. The zero-order chi connectivity index (χ0) is 14.7. The Morgan fingerprint density at radius 2 is 2.10 bits per heavy atom. The Bertz CT molecular complexity index is 487. The molecule has 0 aliphatic carbocycles. The van der Waals surface area contributed by atoms with Gasteiger partial charge in [-0.1, -0.05) is 18.2 Å². The predicted molar refractivity (Wildman–Crippen MR) is 78.2 cm³/mol. The number of hydrogen-bond donors (Lipinski definition) is 1. The van der Waals surface area contributed by atoms with Gasteiger partial charge in [0.25, 0.3) is 0 Å². The first kappa shape index (κ1) is 14.5. The molecule has 1 aliphatic heterocycles. The third-order valence-corrected chi connectivity index (χ3v) is 3.63. The molecule has 5 nitrogen and oxygen atoms in total. The molecule has 0 radical (unpaired) electrons. The number of nitrogens with zero attached hydrogens (tertiary/aromatic N) is 2. The second kappa shape index (κ2) is 6.05. The SMILES string of the molecule is CCN(C(=O)[C@H](C)N)C1CCN(c2ccccc2)C1=O. The molecule has 20 heavy (non-hydrogen) atoms. The molecule has 2 N–H and O–H groups in total. The zero-order valence-corrected chi connectivity index (χ0v) is 12.0. The number of likely N-dealkylation sites (N-methyl/N-ethyl adjacent to an activating group) is 1. The number of anilines is 1. The second-order valence-electron chi connectivity index (χ2n) is 5.04. The number of rotatable bonds is 4. The molecular formula is C15H21N3O2. The molecule has 0 saturated carbocycles. The summed E-state index contributed by atoms with van der Waals surface area (Å²) in [5, 5.41) is 0. The van der Waals surface area contributed by atoms with Gasteiger partial charge < -0.3 is 15.5 Å². The molecule has 1 aromatic carbocycles. The van der Waals surface area contributed by atoms with E-state index in [2.05, 4.69) is 0 Å². The van der Waals surface area contributed by atoms with Crippen molar-refractivity contribution in [3.63, 3.8) is 0 Å². The van der Waals surface area contributed by atoms with E-state index in [4.69, 9.17) is 5.73 Å². The molecule has 5 heteroatoms. The highest BCUT2D eigenvalue weighted by atomic mass is 16.2. The summed E-state index contributed by atoms with van der Waals surface area (Å²) in [5.41, 5.74) is 6.53. The van der Waals surface area contributed by atoms with E-state index in [0.717, 1.165) is 5.69 Å². The molecule has 2 atom stereocenters. The Morgan fingerprint density at radius 1 is 1.45 bits per heavy atom. The summed E-state index contributed by atoms with van der Waals surface area (Å²) in [7, 11) is 0. The van der Waals surface area contributed by atoms with Gasteiger partial charge in [-0.05, 0) is 32.4 Å². The van der Waals surface area contributed by atoms with E-state index in [0.29, 0.717) is 19.5 Å². The van der Waals surface area contributed by atoms with Gasteiger partial charge in [0.15, 0.2) is 0 Å². The van der Waals surface area contributed by atoms with Crippen LogP contribution in [-0.2, 0) is 9.59 Å². The number of para-hydroxylation sites is 1. The number of carbonyl (C=O) groups is 2. The average molecular weight is 275 g/mol. The van der Waals surface area contributed by atoms with E-state index in [1.54, 1.807) is 16.7 Å². The highest BCUT2D eigenvalue weighted by molar-refractivity contribution is 6.01. The number of carbonyl (C=O) groups excluding carboxylic acids is 2. The van der Waals surface area contributed by atoms with Gasteiger partial charge in [0.05, 0.1) is 6.04 Å². The molecule has 1 fully saturated rings. The number of nitrogens with two attached hydrogens (primary N) is 1. The van der Waals surface area contributed by atoms with Crippen molar-refractivity contribution in [3.05, 3.63) is 30.3 Å². The third kappa shape index (κ3) is 2.67. The van der Waals surface area contributed by atoms with Gasteiger partial charge in [-0.25, -0.2) is 0 Å². The lowest BCUT2D eigenvalue weighted by molar-refractivity contribution is -0.138. The highest BCUT2D eigenvalue weighted by Crippen LogP contribution is 2.24. The minimum atomic E-state index is -0.575. The lowest BCUT2D eigenvalue weighted by Crippen LogP contribution is -2.50.